The molecule has 0 atom stereocenters. The van der Waals surface area contributed by atoms with Crippen LogP contribution in [0.25, 0.3) is 0 Å². The van der Waals surface area contributed by atoms with Gasteiger partial charge in [0.25, 0.3) is 0 Å². The number of carbonyl (C=O) groups is 2. The van der Waals surface area contributed by atoms with Crippen molar-refractivity contribution in [3.8, 4) is 0 Å². The number of methoxy groups -OCH3 is 1. The van der Waals surface area contributed by atoms with Crippen LogP contribution in [0.1, 0.15) is 0 Å². The Morgan fingerprint density at radius 1 is 1.33 bits per heavy atom. The molecule has 2 amide bonds. The van der Waals surface area contributed by atoms with E-state index >= 15 is 0 Å². The summed E-state index contributed by atoms with van der Waals surface area (Å²) in [6.45, 7) is 1.18. The number of rotatable bonds is 7. The van der Waals surface area contributed by atoms with Crippen LogP contribution >= 0.6 is 0 Å². The van der Waals surface area contributed by atoms with E-state index in [0.717, 1.165) is 0 Å². The third-order valence-electron chi connectivity index (χ3n) is 1.62. The molecule has 0 saturated heterocycles. The van der Waals surface area contributed by atoms with E-state index in [0.29, 0.717) is 13.2 Å². The lowest BCUT2D eigenvalue weighted by atomic mass is 10.4. The van der Waals surface area contributed by atoms with Crippen molar-refractivity contribution in [2.45, 2.75) is 0 Å². The van der Waals surface area contributed by atoms with E-state index in [4.69, 9.17) is 10.6 Å². The number of hydrogen-bond acceptors (Lipinski definition) is 5. The second-order valence-corrected chi connectivity index (χ2v) is 3.08. The first-order chi connectivity index (χ1) is 7.10. The van der Waals surface area contributed by atoms with Gasteiger partial charge in [-0.1, -0.05) is 0 Å². The molecule has 0 aromatic rings. The Morgan fingerprint density at radius 3 is 2.47 bits per heavy atom. The molecule has 0 aromatic carbocycles. The Kier molecular flexibility index (Phi) is 7.51. The van der Waals surface area contributed by atoms with Crippen LogP contribution in [0, 0.1) is 0 Å². The first-order valence-electron chi connectivity index (χ1n) is 4.53. The van der Waals surface area contributed by atoms with Crippen LogP contribution in [-0.2, 0) is 14.3 Å². The van der Waals surface area contributed by atoms with E-state index in [1.807, 2.05) is 5.43 Å². The minimum atomic E-state index is -0.331. The Bertz CT molecular complexity index is 210. The van der Waals surface area contributed by atoms with Crippen LogP contribution in [0.5, 0.6) is 0 Å². The Labute approximate surface area is 88.9 Å². The molecule has 88 valence electrons. The number of hydrogen-bond donors (Lipinski definition) is 3. The number of likely N-dealkylation sites (N-methyl/N-ethyl adjacent to an activating group) is 1. The normalized spacial score (nSPS) is 10.1. The Balaban J connectivity index is 3.62. The maximum absolute atomic E-state index is 11.2. The standard InChI is InChI=1S/C8H18N4O3/c1-12(6-8(14)11-9)5-7(13)10-3-4-15-2/h3-6,9H2,1-2H3,(H,10,13)(H,11,14). The van der Waals surface area contributed by atoms with Crippen molar-refractivity contribution in [2.24, 2.45) is 5.84 Å². The van der Waals surface area contributed by atoms with Gasteiger partial charge in [0.2, 0.25) is 11.8 Å². The lowest BCUT2D eigenvalue weighted by Crippen LogP contribution is -2.43. The van der Waals surface area contributed by atoms with Crippen LogP contribution < -0.4 is 16.6 Å². The van der Waals surface area contributed by atoms with Gasteiger partial charge < -0.3 is 10.1 Å². The zero-order chi connectivity index (χ0) is 11.7. The topological polar surface area (TPSA) is 96.7 Å². The zero-order valence-corrected chi connectivity index (χ0v) is 9.08. The molecule has 0 aliphatic rings. The molecule has 15 heavy (non-hydrogen) atoms. The van der Waals surface area contributed by atoms with Gasteiger partial charge in [-0.05, 0) is 7.05 Å². The van der Waals surface area contributed by atoms with Crippen molar-refractivity contribution in [1.29, 1.82) is 0 Å². The molecular weight excluding hydrogens is 200 g/mol. The predicted molar refractivity (Wildman–Crippen MR) is 54.7 cm³/mol. The van der Waals surface area contributed by atoms with Crippen molar-refractivity contribution in [2.75, 3.05) is 40.4 Å². The van der Waals surface area contributed by atoms with Crippen LogP contribution in [0.2, 0.25) is 0 Å². The summed E-state index contributed by atoms with van der Waals surface area (Å²) in [5.41, 5.74) is 1.99. The second-order valence-electron chi connectivity index (χ2n) is 3.08. The average molecular weight is 218 g/mol. The lowest BCUT2D eigenvalue weighted by Gasteiger charge is -2.14. The van der Waals surface area contributed by atoms with Crippen LogP contribution in [-0.4, -0.2) is 57.1 Å². The van der Waals surface area contributed by atoms with Crippen LogP contribution in [0.15, 0.2) is 0 Å². The van der Waals surface area contributed by atoms with Crippen LogP contribution in [0.4, 0.5) is 0 Å². The summed E-state index contributed by atoms with van der Waals surface area (Å²) in [4.78, 5) is 23.6. The molecule has 0 spiro atoms. The number of nitrogens with zero attached hydrogens (tertiary/aromatic N) is 1. The third-order valence-corrected chi connectivity index (χ3v) is 1.62. The summed E-state index contributed by atoms with van der Waals surface area (Å²) in [5, 5.41) is 2.64. The number of nitrogens with two attached hydrogens (primary N) is 1. The maximum atomic E-state index is 11.2. The van der Waals surface area contributed by atoms with Gasteiger partial charge in [0.15, 0.2) is 0 Å². The molecule has 0 heterocycles. The highest BCUT2D eigenvalue weighted by atomic mass is 16.5. The van der Waals surface area contributed by atoms with Crippen molar-refractivity contribution in [3.63, 3.8) is 0 Å². The molecule has 0 unspecified atom stereocenters. The molecule has 0 rings (SSSR count). The molecule has 0 bridgehead atoms. The Morgan fingerprint density at radius 2 is 1.93 bits per heavy atom. The van der Waals surface area contributed by atoms with Gasteiger partial charge in [-0.3, -0.25) is 19.9 Å². The molecule has 7 nitrogen and oxygen atoms in total. The van der Waals surface area contributed by atoms with Crippen molar-refractivity contribution >= 4 is 11.8 Å². The molecule has 0 radical (unpaired) electrons. The summed E-state index contributed by atoms with van der Waals surface area (Å²) in [7, 11) is 3.22. The van der Waals surface area contributed by atoms with Crippen molar-refractivity contribution in [3.05, 3.63) is 0 Å². The minimum absolute atomic E-state index is 0.0915. The monoisotopic (exact) mass is 218 g/mol. The first-order valence-corrected chi connectivity index (χ1v) is 4.53. The molecular formula is C8H18N4O3. The maximum Gasteiger partial charge on any atom is 0.248 e. The molecule has 0 aliphatic carbocycles. The molecule has 0 fully saturated rings. The summed E-state index contributed by atoms with van der Waals surface area (Å²) < 4.78 is 4.77. The molecule has 0 aliphatic heterocycles. The number of ether oxygens (including phenoxy) is 1. The number of carbonyl (C=O) groups excluding carboxylic acids is 2. The smallest absolute Gasteiger partial charge is 0.248 e. The highest BCUT2D eigenvalue weighted by Crippen LogP contribution is 1.81. The highest BCUT2D eigenvalue weighted by molar-refractivity contribution is 5.80. The van der Waals surface area contributed by atoms with Gasteiger partial charge in [-0.2, -0.15) is 0 Å². The summed E-state index contributed by atoms with van der Waals surface area (Å²) in [6.07, 6.45) is 0. The summed E-state index contributed by atoms with van der Waals surface area (Å²) in [6, 6.07) is 0. The predicted octanol–water partition coefficient (Wildman–Crippen LogP) is -2.33. The van der Waals surface area contributed by atoms with Crippen molar-refractivity contribution in [1.82, 2.24) is 15.6 Å². The van der Waals surface area contributed by atoms with Gasteiger partial charge in [0, 0.05) is 13.7 Å². The largest absolute Gasteiger partial charge is 0.383 e. The molecule has 0 aromatic heterocycles. The van der Waals surface area contributed by atoms with E-state index in [2.05, 4.69) is 5.32 Å². The second kappa shape index (κ2) is 8.16. The van der Waals surface area contributed by atoms with E-state index in [1.165, 1.54) is 0 Å². The minimum Gasteiger partial charge on any atom is -0.383 e. The van der Waals surface area contributed by atoms with E-state index < -0.39 is 0 Å². The fourth-order valence-electron chi connectivity index (χ4n) is 0.940. The molecule has 0 saturated carbocycles. The highest BCUT2D eigenvalue weighted by Gasteiger charge is 2.08. The third kappa shape index (κ3) is 7.86. The van der Waals surface area contributed by atoms with Gasteiger partial charge in [-0.25, -0.2) is 5.84 Å². The van der Waals surface area contributed by atoms with Crippen LogP contribution in [0.3, 0.4) is 0 Å². The zero-order valence-electron chi connectivity index (χ0n) is 9.08. The van der Waals surface area contributed by atoms with E-state index in [1.54, 1.807) is 19.1 Å². The number of nitrogens with one attached hydrogen (secondary N) is 2. The summed E-state index contributed by atoms with van der Waals surface area (Å²) >= 11 is 0. The van der Waals surface area contributed by atoms with Crippen molar-refractivity contribution < 1.29 is 14.3 Å². The number of hydrazine groups is 1. The SMILES string of the molecule is COCCNC(=O)CN(C)CC(=O)NN. The van der Waals surface area contributed by atoms with Gasteiger partial charge in [0.1, 0.15) is 0 Å². The fourth-order valence-corrected chi connectivity index (χ4v) is 0.940. The van der Waals surface area contributed by atoms with Gasteiger partial charge in [-0.15, -0.1) is 0 Å². The van der Waals surface area contributed by atoms with Gasteiger partial charge >= 0.3 is 0 Å². The van der Waals surface area contributed by atoms with E-state index in [9.17, 15) is 9.59 Å². The molecule has 4 N–H and O–H groups in total. The first kappa shape index (κ1) is 13.8. The van der Waals surface area contributed by atoms with Gasteiger partial charge in [0.05, 0.1) is 19.7 Å². The lowest BCUT2D eigenvalue weighted by molar-refractivity contribution is -0.124. The number of amides is 2. The van der Waals surface area contributed by atoms with E-state index in [-0.39, 0.29) is 24.9 Å². The quantitative estimate of drug-likeness (QED) is 0.193. The fraction of sp³-hybridized carbons (Fsp3) is 0.750. The summed E-state index contributed by atoms with van der Waals surface area (Å²) in [5.74, 6) is 4.42. The average Bonchev–Trinajstić information content (AvgIpc) is 2.17. The Hall–Kier alpha value is -1.18. The molecule has 7 heteroatoms.